The van der Waals surface area contributed by atoms with Gasteiger partial charge in [-0.3, -0.25) is 4.79 Å². The molecule has 27 heavy (non-hydrogen) atoms. The van der Waals surface area contributed by atoms with Gasteiger partial charge in [0.1, 0.15) is 11.6 Å². The molecule has 2 heterocycles. The summed E-state index contributed by atoms with van der Waals surface area (Å²) in [5.74, 6) is 1.89. The Bertz CT molecular complexity index is 822. The van der Waals surface area contributed by atoms with Crippen LogP contribution >= 0.6 is 0 Å². The average Bonchev–Trinajstić information content (AvgIpc) is 2.67. The van der Waals surface area contributed by atoms with Crippen molar-refractivity contribution in [2.75, 3.05) is 31.6 Å². The van der Waals surface area contributed by atoms with Crippen LogP contribution in [0.25, 0.3) is 0 Å². The fourth-order valence-corrected chi connectivity index (χ4v) is 3.50. The Labute approximate surface area is 161 Å². The largest absolute Gasteiger partial charge is 0.495 e. The lowest BCUT2D eigenvalue weighted by molar-refractivity contribution is 0.0672. The van der Waals surface area contributed by atoms with Crippen molar-refractivity contribution in [2.24, 2.45) is 0 Å². The maximum Gasteiger partial charge on any atom is 0.257 e. The number of piperazine rings is 1. The van der Waals surface area contributed by atoms with Crippen LogP contribution in [0.15, 0.2) is 30.5 Å². The molecule has 1 aromatic heterocycles. The van der Waals surface area contributed by atoms with Gasteiger partial charge < -0.3 is 14.5 Å². The summed E-state index contributed by atoms with van der Waals surface area (Å²) in [5, 5.41) is 0. The second kappa shape index (κ2) is 7.94. The van der Waals surface area contributed by atoms with Crippen LogP contribution in [0.2, 0.25) is 0 Å². The second-order valence-corrected chi connectivity index (χ2v) is 7.35. The van der Waals surface area contributed by atoms with Crippen LogP contribution in [-0.2, 0) is 0 Å². The SMILES string of the molecule is COc1ccccc1N1CCN(C(=O)c2cnc(C(C)C)nc2C)C(C)C1. The molecule has 1 saturated heterocycles. The van der Waals surface area contributed by atoms with Gasteiger partial charge in [0.25, 0.3) is 5.91 Å². The molecular weight excluding hydrogens is 340 g/mol. The summed E-state index contributed by atoms with van der Waals surface area (Å²) in [6, 6.07) is 8.09. The first kappa shape index (κ1) is 19.1. The molecule has 1 fully saturated rings. The van der Waals surface area contributed by atoms with Gasteiger partial charge >= 0.3 is 0 Å². The van der Waals surface area contributed by atoms with Gasteiger partial charge in [0, 0.05) is 37.8 Å². The molecule has 0 bridgehead atoms. The van der Waals surface area contributed by atoms with Crippen LogP contribution in [0.4, 0.5) is 5.69 Å². The summed E-state index contributed by atoms with van der Waals surface area (Å²) < 4.78 is 5.48. The minimum Gasteiger partial charge on any atom is -0.495 e. The molecule has 2 aromatic rings. The van der Waals surface area contributed by atoms with E-state index < -0.39 is 0 Å². The maximum absolute atomic E-state index is 13.1. The zero-order chi connectivity index (χ0) is 19.6. The smallest absolute Gasteiger partial charge is 0.257 e. The first-order chi connectivity index (χ1) is 12.9. The minimum absolute atomic E-state index is 0.00924. The summed E-state index contributed by atoms with van der Waals surface area (Å²) in [7, 11) is 1.69. The molecule has 0 radical (unpaired) electrons. The van der Waals surface area contributed by atoms with Crippen molar-refractivity contribution in [2.45, 2.75) is 39.7 Å². The number of carbonyl (C=O) groups is 1. The van der Waals surface area contributed by atoms with Crippen molar-refractivity contribution in [1.29, 1.82) is 0 Å². The van der Waals surface area contributed by atoms with Crippen molar-refractivity contribution in [3.63, 3.8) is 0 Å². The number of amides is 1. The predicted octanol–water partition coefficient (Wildman–Crippen LogP) is 3.27. The van der Waals surface area contributed by atoms with Crippen LogP contribution in [0.1, 0.15) is 48.6 Å². The molecule has 1 atom stereocenters. The van der Waals surface area contributed by atoms with E-state index in [2.05, 4.69) is 41.7 Å². The number of hydrogen-bond acceptors (Lipinski definition) is 5. The fourth-order valence-electron chi connectivity index (χ4n) is 3.50. The number of anilines is 1. The number of para-hydroxylation sites is 2. The highest BCUT2D eigenvalue weighted by Gasteiger charge is 2.30. The van der Waals surface area contributed by atoms with E-state index >= 15 is 0 Å². The number of ether oxygens (including phenoxy) is 1. The van der Waals surface area contributed by atoms with Crippen LogP contribution in [-0.4, -0.2) is 53.6 Å². The molecule has 6 nitrogen and oxygen atoms in total. The predicted molar refractivity (Wildman–Crippen MR) is 107 cm³/mol. The first-order valence-corrected chi connectivity index (χ1v) is 9.44. The number of benzene rings is 1. The summed E-state index contributed by atoms with van der Waals surface area (Å²) in [4.78, 5) is 26.2. The standard InChI is InChI=1S/C21H28N4O2/c1-14(2)20-22-12-17(16(4)23-20)21(26)25-11-10-24(13-15(25)3)18-8-6-7-9-19(18)27-5/h6-9,12,14-15H,10-11,13H2,1-5H3. The Hall–Kier alpha value is -2.63. The zero-order valence-corrected chi connectivity index (χ0v) is 16.8. The molecule has 6 heteroatoms. The molecule has 144 valence electrons. The molecule has 1 aliphatic rings. The van der Waals surface area contributed by atoms with Crippen LogP contribution in [0.5, 0.6) is 5.75 Å². The number of rotatable bonds is 4. The van der Waals surface area contributed by atoms with Gasteiger partial charge in [0.15, 0.2) is 0 Å². The second-order valence-electron chi connectivity index (χ2n) is 7.35. The van der Waals surface area contributed by atoms with Crippen LogP contribution in [0.3, 0.4) is 0 Å². The number of carbonyl (C=O) groups excluding carboxylic acids is 1. The van der Waals surface area contributed by atoms with Crippen LogP contribution < -0.4 is 9.64 Å². The average molecular weight is 368 g/mol. The van der Waals surface area contributed by atoms with Gasteiger partial charge in [0.05, 0.1) is 24.1 Å². The highest BCUT2D eigenvalue weighted by Crippen LogP contribution is 2.30. The van der Waals surface area contributed by atoms with Crippen molar-refractivity contribution in [3.8, 4) is 5.75 Å². The third-order valence-corrected chi connectivity index (χ3v) is 5.06. The number of nitrogens with zero attached hydrogens (tertiary/aromatic N) is 4. The number of aromatic nitrogens is 2. The molecule has 0 saturated carbocycles. The fraction of sp³-hybridized carbons (Fsp3) is 0.476. The third-order valence-electron chi connectivity index (χ3n) is 5.06. The molecular formula is C21H28N4O2. The summed E-state index contributed by atoms with van der Waals surface area (Å²) >= 11 is 0. The third kappa shape index (κ3) is 3.89. The highest BCUT2D eigenvalue weighted by atomic mass is 16.5. The number of methoxy groups -OCH3 is 1. The normalized spacial score (nSPS) is 17.3. The van der Waals surface area contributed by atoms with Gasteiger partial charge in [-0.05, 0) is 26.0 Å². The van der Waals surface area contributed by atoms with E-state index in [4.69, 9.17) is 4.74 Å². The van der Waals surface area contributed by atoms with Crippen molar-refractivity contribution in [3.05, 3.63) is 47.5 Å². The monoisotopic (exact) mass is 368 g/mol. The van der Waals surface area contributed by atoms with Gasteiger partial charge in [-0.2, -0.15) is 0 Å². The molecule has 1 amide bonds. The maximum atomic E-state index is 13.1. The van der Waals surface area contributed by atoms with E-state index in [9.17, 15) is 4.79 Å². The molecule has 1 aliphatic heterocycles. The first-order valence-electron chi connectivity index (χ1n) is 9.44. The lowest BCUT2D eigenvalue weighted by Gasteiger charge is -2.41. The van der Waals surface area contributed by atoms with E-state index in [0.29, 0.717) is 12.1 Å². The van der Waals surface area contributed by atoms with Gasteiger partial charge in [-0.15, -0.1) is 0 Å². The lowest BCUT2D eigenvalue weighted by atomic mass is 10.1. The Morgan fingerprint density at radius 2 is 2.00 bits per heavy atom. The topological polar surface area (TPSA) is 58.6 Å². The number of hydrogen-bond donors (Lipinski definition) is 0. The van der Waals surface area contributed by atoms with Crippen LogP contribution in [0, 0.1) is 6.92 Å². The summed E-state index contributed by atoms with van der Waals surface area (Å²) in [6.07, 6.45) is 1.68. The highest BCUT2D eigenvalue weighted by molar-refractivity contribution is 5.95. The van der Waals surface area contributed by atoms with Crippen molar-refractivity contribution in [1.82, 2.24) is 14.9 Å². The Morgan fingerprint density at radius 1 is 1.26 bits per heavy atom. The summed E-state index contributed by atoms with van der Waals surface area (Å²) in [6.45, 7) is 10.2. The van der Waals surface area contributed by atoms with Gasteiger partial charge in [-0.1, -0.05) is 26.0 Å². The Kier molecular flexibility index (Phi) is 5.63. The Balaban J connectivity index is 1.76. The van der Waals surface area contributed by atoms with Gasteiger partial charge in [-0.25, -0.2) is 9.97 Å². The van der Waals surface area contributed by atoms with E-state index in [1.54, 1.807) is 13.3 Å². The Morgan fingerprint density at radius 3 is 2.63 bits per heavy atom. The zero-order valence-electron chi connectivity index (χ0n) is 16.8. The number of aryl methyl sites for hydroxylation is 1. The molecule has 0 N–H and O–H groups in total. The van der Waals surface area contributed by atoms with Gasteiger partial charge in [0.2, 0.25) is 0 Å². The summed E-state index contributed by atoms with van der Waals surface area (Å²) in [5.41, 5.74) is 2.41. The van der Waals surface area contributed by atoms with E-state index in [-0.39, 0.29) is 17.9 Å². The molecule has 3 rings (SSSR count). The molecule has 0 spiro atoms. The van der Waals surface area contributed by atoms with Crippen molar-refractivity contribution >= 4 is 11.6 Å². The molecule has 0 aliphatic carbocycles. The molecule has 1 unspecified atom stereocenters. The molecule has 1 aromatic carbocycles. The van der Waals surface area contributed by atoms with Crippen molar-refractivity contribution < 1.29 is 9.53 Å². The van der Waals surface area contributed by atoms with E-state index in [1.165, 1.54) is 0 Å². The van der Waals surface area contributed by atoms with E-state index in [0.717, 1.165) is 36.0 Å². The quantitative estimate of drug-likeness (QED) is 0.829. The minimum atomic E-state index is 0.00924. The van der Waals surface area contributed by atoms with E-state index in [1.807, 2.05) is 30.0 Å². The lowest BCUT2D eigenvalue weighted by Crippen LogP contribution is -2.54.